The van der Waals surface area contributed by atoms with Crippen LogP contribution in [0.4, 0.5) is 5.69 Å². The lowest BCUT2D eigenvalue weighted by Gasteiger charge is -2.38. The molecular formula is C14H22N2O. The Bertz CT molecular complexity index is 367. The molecule has 1 heterocycles. The first-order valence-electron chi connectivity index (χ1n) is 6.32. The van der Waals surface area contributed by atoms with E-state index in [0.717, 1.165) is 13.1 Å². The highest BCUT2D eigenvalue weighted by molar-refractivity contribution is 5.54. The second-order valence-corrected chi connectivity index (χ2v) is 4.82. The van der Waals surface area contributed by atoms with Gasteiger partial charge in [-0.05, 0) is 24.0 Å². The number of rotatable bonds is 3. The molecule has 2 atom stereocenters. The second-order valence-electron chi connectivity index (χ2n) is 4.82. The Morgan fingerprint density at radius 3 is 2.88 bits per heavy atom. The lowest BCUT2D eigenvalue weighted by Crippen LogP contribution is -2.44. The zero-order valence-electron chi connectivity index (χ0n) is 10.7. The van der Waals surface area contributed by atoms with Crippen molar-refractivity contribution in [2.75, 3.05) is 25.1 Å². The van der Waals surface area contributed by atoms with Crippen LogP contribution in [0.5, 0.6) is 0 Å². The molecule has 0 aliphatic carbocycles. The molecule has 0 radical (unpaired) electrons. The quantitative estimate of drug-likeness (QED) is 0.869. The predicted octanol–water partition coefficient (Wildman–Crippen LogP) is 2.01. The van der Waals surface area contributed by atoms with E-state index in [0.29, 0.717) is 18.6 Å². The minimum absolute atomic E-state index is 0.328. The van der Waals surface area contributed by atoms with Gasteiger partial charge in [0.05, 0.1) is 6.10 Å². The van der Waals surface area contributed by atoms with Gasteiger partial charge in [0.25, 0.3) is 0 Å². The van der Waals surface area contributed by atoms with Crippen LogP contribution in [0.15, 0.2) is 24.3 Å². The number of nitrogens with zero attached hydrogens (tertiary/aromatic N) is 1. The van der Waals surface area contributed by atoms with Gasteiger partial charge in [-0.2, -0.15) is 0 Å². The molecule has 0 amide bonds. The number of hydrogen-bond acceptors (Lipinski definition) is 3. The van der Waals surface area contributed by atoms with Gasteiger partial charge in [-0.25, -0.2) is 0 Å². The van der Waals surface area contributed by atoms with E-state index in [2.05, 4.69) is 30.0 Å². The average molecular weight is 234 g/mol. The molecule has 94 valence electrons. The van der Waals surface area contributed by atoms with E-state index < -0.39 is 0 Å². The van der Waals surface area contributed by atoms with Crippen molar-refractivity contribution in [3.63, 3.8) is 0 Å². The first-order valence-corrected chi connectivity index (χ1v) is 6.32. The number of anilines is 1. The number of hydrogen-bond donors (Lipinski definition) is 1. The largest absolute Gasteiger partial charge is 0.379 e. The van der Waals surface area contributed by atoms with E-state index in [-0.39, 0.29) is 0 Å². The predicted molar refractivity (Wildman–Crippen MR) is 71.1 cm³/mol. The van der Waals surface area contributed by atoms with Gasteiger partial charge >= 0.3 is 0 Å². The van der Waals surface area contributed by atoms with Gasteiger partial charge in [0.15, 0.2) is 0 Å². The Labute approximate surface area is 104 Å². The Kier molecular flexibility index (Phi) is 4.02. The summed E-state index contributed by atoms with van der Waals surface area (Å²) in [6.45, 7) is 4.92. The smallest absolute Gasteiger partial charge is 0.0772 e. The number of ether oxygens (including phenoxy) is 1. The fraction of sp³-hybridized carbons (Fsp3) is 0.571. The summed E-state index contributed by atoms with van der Waals surface area (Å²) in [6.07, 6.45) is 1.51. The number of methoxy groups -OCH3 is 1. The highest BCUT2D eigenvalue weighted by atomic mass is 16.5. The standard InChI is InChI=1S/C14H22N2O/c1-11-7-8-16(10-14(11)17-2)13-6-4-3-5-12(13)9-15/h3-6,11,14H,7-10,15H2,1-2H3. The van der Waals surface area contributed by atoms with E-state index in [9.17, 15) is 0 Å². The molecule has 3 nitrogen and oxygen atoms in total. The second kappa shape index (κ2) is 5.52. The van der Waals surface area contributed by atoms with Crippen molar-refractivity contribution in [3.05, 3.63) is 29.8 Å². The molecule has 0 bridgehead atoms. The van der Waals surface area contributed by atoms with E-state index in [1.807, 2.05) is 6.07 Å². The number of piperidine rings is 1. The molecule has 1 aliphatic heterocycles. The molecule has 2 unspecified atom stereocenters. The Hall–Kier alpha value is -1.06. The van der Waals surface area contributed by atoms with Crippen LogP contribution in [0.3, 0.4) is 0 Å². The third kappa shape index (κ3) is 2.61. The van der Waals surface area contributed by atoms with Crippen molar-refractivity contribution < 1.29 is 4.74 Å². The fourth-order valence-corrected chi connectivity index (χ4v) is 2.55. The van der Waals surface area contributed by atoms with Crippen molar-refractivity contribution in [2.24, 2.45) is 11.7 Å². The minimum atomic E-state index is 0.328. The van der Waals surface area contributed by atoms with Gasteiger partial charge in [0.2, 0.25) is 0 Å². The molecule has 0 saturated carbocycles. The zero-order valence-corrected chi connectivity index (χ0v) is 10.7. The topological polar surface area (TPSA) is 38.5 Å². The van der Waals surface area contributed by atoms with Crippen LogP contribution < -0.4 is 10.6 Å². The molecule has 1 saturated heterocycles. The van der Waals surface area contributed by atoms with Crippen LogP contribution in [-0.4, -0.2) is 26.3 Å². The van der Waals surface area contributed by atoms with Gasteiger partial charge in [0, 0.05) is 32.4 Å². The van der Waals surface area contributed by atoms with Crippen molar-refractivity contribution >= 4 is 5.69 Å². The first-order chi connectivity index (χ1) is 8.26. The van der Waals surface area contributed by atoms with Gasteiger partial charge < -0.3 is 15.4 Å². The maximum atomic E-state index is 5.79. The molecule has 1 aliphatic rings. The van der Waals surface area contributed by atoms with E-state index in [1.54, 1.807) is 7.11 Å². The van der Waals surface area contributed by atoms with Crippen LogP contribution in [0.2, 0.25) is 0 Å². The van der Waals surface area contributed by atoms with Crippen LogP contribution in [0.1, 0.15) is 18.9 Å². The van der Waals surface area contributed by atoms with Gasteiger partial charge in [-0.1, -0.05) is 25.1 Å². The zero-order chi connectivity index (χ0) is 12.3. The summed E-state index contributed by atoms with van der Waals surface area (Å²) in [5.74, 6) is 0.640. The number of nitrogens with two attached hydrogens (primary N) is 1. The highest BCUT2D eigenvalue weighted by Crippen LogP contribution is 2.27. The number of benzene rings is 1. The van der Waals surface area contributed by atoms with Crippen molar-refractivity contribution in [3.8, 4) is 0 Å². The molecule has 2 N–H and O–H groups in total. The van der Waals surface area contributed by atoms with E-state index >= 15 is 0 Å². The minimum Gasteiger partial charge on any atom is -0.379 e. The van der Waals surface area contributed by atoms with Crippen LogP contribution >= 0.6 is 0 Å². The maximum absolute atomic E-state index is 5.79. The average Bonchev–Trinajstić information content (AvgIpc) is 2.39. The van der Waals surface area contributed by atoms with Gasteiger partial charge in [-0.3, -0.25) is 0 Å². The molecule has 0 spiro atoms. The lowest BCUT2D eigenvalue weighted by atomic mass is 9.95. The normalized spacial score (nSPS) is 25.0. The third-order valence-electron chi connectivity index (χ3n) is 3.74. The summed E-state index contributed by atoms with van der Waals surface area (Å²) < 4.78 is 5.56. The molecule has 3 heteroatoms. The highest BCUT2D eigenvalue weighted by Gasteiger charge is 2.26. The Balaban J connectivity index is 2.17. The van der Waals surface area contributed by atoms with E-state index in [1.165, 1.54) is 17.7 Å². The summed E-state index contributed by atoms with van der Waals surface area (Å²) in [5.41, 5.74) is 8.28. The summed E-state index contributed by atoms with van der Waals surface area (Å²) in [6, 6.07) is 8.39. The molecule has 2 rings (SSSR count). The third-order valence-corrected chi connectivity index (χ3v) is 3.74. The number of para-hydroxylation sites is 1. The monoisotopic (exact) mass is 234 g/mol. The molecule has 1 fully saturated rings. The Morgan fingerprint density at radius 2 is 2.18 bits per heavy atom. The van der Waals surface area contributed by atoms with Crippen LogP contribution in [0.25, 0.3) is 0 Å². The Morgan fingerprint density at radius 1 is 1.41 bits per heavy atom. The van der Waals surface area contributed by atoms with Crippen LogP contribution in [-0.2, 0) is 11.3 Å². The molecule has 1 aromatic carbocycles. The molecule has 1 aromatic rings. The fourth-order valence-electron chi connectivity index (χ4n) is 2.55. The van der Waals surface area contributed by atoms with E-state index in [4.69, 9.17) is 10.5 Å². The first kappa shape index (κ1) is 12.4. The summed E-state index contributed by atoms with van der Waals surface area (Å²) in [4.78, 5) is 2.40. The molecule has 0 aromatic heterocycles. The van der Waals surface area contributed by atoms with Crippen LogP contribution in [0, 0.1) is 5.92 Å². The molecule has 17 heavy (non-hydrogen) atoms. The van der Waals surface area contributed by atoms with Crippen molar-refractivity contribution in [1.82, 2.24) is 0 Å². The molecular weight excluding hydrogens is 212 g/mol. The van der Waals surface area contributed by atoms with Gasteiger partial charge in [0.1, 0.15) is 0 Å². The summed E-state index contributed by atoms with van der Waals surface area (Å²) in [5, 5.41) is 0. The lowest BCUT2D eigenvalue weighted by molar-refractivity contribution is 0.0498. The summed E-state index contributed by atoms with van der Waals surface area (Å²) >= 11 is 0. The SMILES string of the molecule is COC1CN(c2ccccc2CN)CCC1C. The van der Waals surface area contributed by atoms with Crippen molar-refractivity contribution in [1.29, 1.82) is 0 Å². The maximum Gasteiger partial charge on any atom is 0.0772 e. The summed E-state index contributed by atoms with van der Waals surface area (Å²) in [7, 11) is 1.81. The van der Waals surface area contributed by atoms with Crippen molar-refractivity contribution in [2.45, 2.75) is 26.0 Å². The van der Waals surface area contributed by atoms with Gasteiger partial charge in [-0.15, -0.1) is 0 Å².